The molecule has 0 spiro atoms. The quantitative estimate of drug-likeness (QED) is 0.610. The summed E-state index contributed by atoms with van der Waals surface area (Å²) in [6, 6.07) is 11.7. The first-order chi connectivity index (χ1) is 14.1. The molecule has 2 aromatic carbocycles. The maximum Gasteiger partial charge on any atom is 0.0994 e. The van der Waals surface area contributed by atoms with Crippen molar-refractivity contribution in [2.24, 2.45) is 0 Å². The number of nitriles is 1. The Morgan fingerprint density at radius 2 is 1.83 bits per heavy atom. The van der Waals surface area contributed by atoms with Crippen LogP contribution in [-0.4, -0.2) is 15.8 Å². The molecule has 2 aliphatic rings. The molecule has 3 aromatic rings. The van der Waals surface area contributed by atoms with E-state index in [4.69, 9.17) is 0 Å². The third-order valence-corrected chi connectivity index (χ3v) is 7.22. The van der Waals surface area contributed by atoms with Crippen molar-refractivity contribution in [3.8, 4) is 17.2 Å². The Labute approximate surface area is 172 Å². The number of aliphatic hydroxyl groups is 1. The van der Waals surface area contributed by atoms with Gasteiger partial charge in [0.1, 0.15) is 0 Å². The summed E-state index contributed by atoms with van der Waals surface area (Å²) in [5.41, 5.74) is 9.99. The number of fused-ring (bicyclic) bond motifs is 2. The van der Waals surface area contributed by atoms with Crippen LogP contribution in [0.1, 0.15) is 66.0 Å². The average Bonchev–Trinajstić information content (AvgIpc) is 3.34. The van der Waals surface area contributed by atoms with Crippen molar-refractivity contribution >= 4 is 10.9 Å². The van der Waals surface area contributed by atoms with Crippen molar-refractivity contribution in [2.45, 2.75) is 70.9 Å². The summed E-state index contributed by atoms with van der Waals surface area (Å²) in [5.74, 6) is 0. The van der Waals surface area contributed by atoms with Crippen molar-refractivity contribution in [1.29, 1.82) is 5.26 Å². The number of hydrogen-bond acceptors (Lipinski definition) is 2. The molecular formula is C26H28N2O. The molecule has 1 aromatic heterocycles. The van der Waals surface area contributed by atoms with Crippen LogP contribution in [-0.2, 0) is 12.8 Å². The minimum absolute atomic E-state index is 0.154. The first kappa shape index (κ1) is 18.5. The van der Waals surface area contributed by atoms with Gasteiger partial charge in [-0.3, -0.25) is 0 Å². The number of nitrogens with zero attached hydrogens (tertiary/aromatic N) is 2. The van der Waals surface area contributed by atoms with E-state index in [9.17, 15) is 10.4 Å². The third-order valence-electron chi connectivity index (χ3n) is 7.22. The van der Waals surface area contributed by atoms with E-state index >= 15 is 0 Å². The molecule has 3 nitrogen and oxygen atoms in total. The first-order valence-corrected chi connectivity index (χ1v) is 10.9. The van der Waals surface area contributed by atoms with Crippen LogP contribution in [0.25, 0.3) is 22.0 Å². The Morgan fingerprint density at radius 1 is 1.03 bits per heavy atom. The molecule has 5 rings (SSSR count). The van der Waals surface area contributed by atoms with Gasteiger partial charge in [-0.1, -0.05) is 12.1 Å². The van der Waals surface area contributed by atoms with E-state index in [1.807, 2.05) is 6.92 Å². The summed E-state index contributed by atoms with van der Waals surface area (Å²) in [4.78, 5) is 0. The van der Waals surface area contributed by atoms with Crippen LogP contribution in [0.5, 0.6) is 0 Å². The number of aliphatic hydroxyl groups excluding tert-OH is 1. The monoisotopic (exact) mass is 384 g/mol. The van der Waals surface area contributed by atoms with E-state index in [1.54, 1.807) is 0 Å². The molecule has 0 unspecified atom stereocenters. The Bertz CT molecular complexity index is 1140. The average molecular weight is 385 g/mol. The summed E-state index contributed by atoms with van der Waals surface area (Å²) in [6.45, 7) is 4.29. The number of benzene rings is 2. The van der Waals surface area contributed by atoms with Crippen LogP contribution in [0.4, 0.5) is 0 Å². The second kappa shape index (κ2) is 7.04. The minimum Gasteiger partial charge on any atom is -0.393 e. The fourth-order valence-electron chi connectivity index (χ4n) is 5.52. The lowest BCUT2D eigenvalue weighted by molar-refractivity contribution is 0.111. The van der Waals surface area contributed by atoms with Gasteiger partial charge >= 0.3 is 0 Å². The molecule has 29 heavy (non-hydrogen) atoms. The predicted octanol–water partition coefficient (Wildman–Crippen LogP) is 5.76. The first-order valence-electron chi connectivity index (χ1n) is 10.9. The van der Waals surface area contributed by atoms with Crippen LogP contribution in [0, 0.1) is 25.2 Å². The maximum atomic E-state index is 9.96. The molecule has 0 aliphatic heterocycles. The van der Waals surface area contributed by atoms with Gasteiger partial charge in [0.15, 0.2) is 0 Å². The van der Waals surface area contributed by atoms with E-state index in [-0.39, 0.29) is 6.10 Å². The standard InChI is InChI=1S/C26H28N2O/c1-16-12-26-24(13-19(16)14-27)25(15-28(26)20-7-9-21(29)10-8-20)23-11-6-18-4-3-5-22(18)17(23)2/h6,11-13,15,20-21,29H,3-5,7-10H2,1-2H3. The van der Waals surface area contributed by atoms with Gasteiger partial charge < -0.3 is 9.67 Å². The minimum atomic E-state index is -0.154. The van der Waals surface area contributed by atoms with Crippen molar-refractivity contribution in [3.05, 3.63) is 58.3 Å². The van der Waals surface area contributed by atoms with E-state index in [2.05, 4.69) is 48.0 Å². The SMILES string of the molecule is Cc1cc2c(cc1C#N)c(-c1ccc3c(c1C)CCC3)cn2C1CCC(O)CC1. The highest BCUT2D eigenvalue weighted by Crippen LogP contribution is 2.41. The third kappa shape index (κ3) is 2.98. The van der Waals surface area contributed by atoms with Gasteiger partial charge in [0.25, 0.3) is 0 Å². The molecule has 0 amide bonds. The smallest absolute Gasteiger partial charge is 0.0994 e. The highest BCUT2D eigenvalue weighted by atomic mass is 16.3. The van der Waals surface area contributed by atoms with Gasteiger partial charge in [-0.2, -0.15) is 5.26 Å². The fraction of sp³-hybridized carbons (Fsp3) is 0.423. The Morgan fingerprint density at radius 3 is 2.59 bits per heavy atom. The van der Waals surface area contributed by atoms with E-state index < -0.39 is 0 Å². The van der Waals surface area contributed by atoms with Crippen molar-refractivity contribution in [2.75, 3.05) is 0 Å². The Balaban J connectivity index is 1.72. The molecule has 1 N–H and O–H groups in total. The molecule has 2 aliphatic carbocycles. The van der Waals surface area contributed by atoms with Crippen LogP contribution in [0.15, 0.2) is 30.5 Å². The second-order valence-electron chi connectivity index (χ2n) is 8.94. The second-order valence-corrected chi connectivity index (χ2v) is 8.94. The molecule has 0 radical (unpaired) electrons. The number of aromatic nitrogens is 1. The lowest BCUT2D eigenvalue weighted by Crippen LogP contribution is -2.20. The zero-order valence-corrected chi connectivity index (χ0v) is 17.3. The summed E-state index contributed by atoms with van der Waals surface area (Å²) in [7, 11) is 0. The van der Waals surface area contributed by atoms with Crippen molar-refractivity contribution < 1.29 is 5.11 Å². The van der Waals surface area contributed by atoms with Crippen LogP contribution in [0.3, 0.4) is 0 Å². The summed E-state index contributed by atoms with van der Waals surface area (Å²) >= 11 is 0. The highest BCUT2D eigenvalue weighted by Gasteiger charge is 2.25. The maximum absolute atomic E-state index is 9.96. The molecule has 148 valence electrons. The van der Waals surface area contributed by atoms with Crippen molar-refractivity contribution in [3.63, 3.8) is 0 Å². The molecule has 0 bridgehead atoms. The van der Waals surface area contributed by atoms with Gasteiger partial charge in [-0.05, 0) is 98.7 Å². The highest BCUT2D eigenvalue weighted by molar-refractivity contribution is 5.98. The van der Waals surface area contributed by atoms with Gasteiger partial charge in [-0.15, -0.1) is 0 Å². The molecule has 1 fully saturated rings. The van der Waals surface area contributed by atoms with Crippen molar-refractivity contribution in [1.82, 2.24) is 4.57 Å². The number of rotatable bonds is 2. The topological polar surface area (TPSA) is 49.0 Å². The molecule has 3 heteroatoms. The molecular weight excluding hydrogens is 356 g/mol. The molecule has 0 saturated heterocycles. The number of hydrogen-bond donors (Lipinski definition) is 1. The van der Waals surface area contributed by atoms with Crippen LogP contribution >= 0.6 is 0 Å². The zero-order chi connectivity index (χ0) is 20.1. The molecule has 1 saturated carbocycles. The predicted molar refractivity (Wildman–Crippen MR) is 117 cm³/mol. The van der Waals surface area contributed by atoms with E-state index in [0.717, 1.165) is 36.8 Å². The normalized spacial score (nSPS) is 21.3. The van der Waals surface area contributed by atoms with Gasteiger partial charge in [0, 0.05) is 28.7 Å². The van der Waals surface area contributed by atoms with E-state index in [0.29, 0.717) is 6.04 Å². The van der Waals surface area contributed by atoms with Gasteiger partial charge in [0.2, 0.25) is 0 Å². The fourth-order valence-corrected chi connectivity index (χ4v) is 5.52. The zero-order valence-electron chi connectivity index (χ0n) is 17.3. The molecule has 0 atom stereocenters. The van der Waals surface area contributed by atoms with E-state index in [1.165, 1.54) is 58.0 Å². The summed E-state index contributed by atoms with van der Waals surface area (Å²) in [5, 5.41) is 20.8. The molecule has 1 heterocycles. The Hall–Kier alpha value is -2.57. The lowest BCUT2D eigenvalue weighted by Gasteiger charge is -2.27. The van der Waals surface area contributed by atoms with Crippen LogP contribution < -0.4 is 0 Å². The van der Waals surface area contributed by atoms with Gasteiger partial charge in [-0.25, -0.2) is 0 Å². The van der Waals surface area contributed by atoms with Crippen LogP contribution in [0.2, 0.25) is 0 Å². The largest absolute Gasteiger partial charge is 0.393 e. The number of aryl methyl sites for hydroxylation is 2. The Kier molecular flexibility index (Phi) is 4.48. The summed E-state index contributed by atoms with van der Waals surface area (Å²) < 4.78 is 2.43. The summed E-state index contributed by atoms with van der Waals surface area (Å²) in [6.07, 6.45) is 9.54. The van der Waals surface area contributed by atoms with Gasteiger partial charge in [0.05, 0.1) is 17.7 Å². The lowest BCUT2D eigenvalue weighted by atomic mass is 9.93.